The monoisotopic (exact) mass is 299 g/mol. The Labute approximate surface area is 127 Å². The van der Waals surface area contributed by atoms with Gasteiger partial charge in [0.2, 0.25) is 5.91 Å². The molecule has 2 heterocycles. The van der Waals surface area contributed by atoms with Crippen molar-refractivity contribution in [1.82, 2.24) is 15.6 Å². The van der Waals surface area contributed by atoms with Crippen LogP contribution in [0.4, 0.5) is 0 Å². The molecule has 0 radical (unpaired) electrons. The Bertz CT molecular complexity index is 730. The number of benzene rings is 1. The first-order valence-corrected chi connectivity index (χ1v) is 7.20. The Balaban J connectivity index is 1.80. The third kappa shape index (κ3) is 2.86. The van der Waals surface area contributed by atoms with Crippen LogP contribution >= 0.6 is 0 Å². The minimum absolute atomic E-state index is 0.127. The molecule has 0 aliphatic carbocycles. The van der Waals surface area contributed by atoms with Crippen molar-refractivity contribution in [3.63, 3.8) is 0 Å². The minimum Gasteiger partial charge on any atom is -0.497 e. The molecule has 1 saturated heterocycles. The zero-order valence-corrected chi connectivity index (χ0v) is 12.3. The SMILES string of the molecule is COc1ccc2cc(C(=O)NC3CCCNC3=O)cnc2c1. The predicted octanol–water partition coefficient (Wildman–Crippen LogP) is 1.25. The number of nitrogens with one attached hydrogen (secondary N) is 2. The van der Waals surface area contributed by atoms with Gasteiger partial charge in [0, 0.05) is 24.2 Å². The number of aromatic nitrogens is 1. The van der Waals surface area contributed by atoms with Crippen molar-refractivity contribution in [2.24, 2.45) is 0 Å². The van der Waals surface area contributed by atoms with Crippen molar-refractivity contribution in [3.05, 3.63) is 36.0 Å². The van der Waals surface area contributed by atoms with Crippen LogP contribution in [0.1, 0.15) is 23.2 Å². The first kappa shape index (κ1) is 14.3. The number of ether oxygens (including phenoxy) is 1. The average molecular weight is 299 g/mol. The van der Waals surface area contributed by atoms with E-state index in [1.165, 1.54) is 6.20 Å². The number of methoxy groups -OCH3 is 1. The molecule has 3 rings (SSSR count). The van der Waals surface area contributed by atoms with E-state index >= 15 is 0 Å². The number of hydrogen-bond acceptors (Lipinski definition) is 4. The number of hydrogen-bond donors (Lipinski definition) is 2. The summed E-state index contributed by atoms with van der Waals surface area (Å²) in [7, 11) is 1.60. The van der Waals surface area contributed by atoms with Gasteiger partial charge in [0.25, 0.3) is 5.91 Å². The van der Waals surface area contributed by atoms with Crippen LogP contribution < -0.4 is 15.4 Å². The molecule has 22 heavy (non-hydrogen) atoms. The van der Waals surface area contributed by atoms with Gasteiger partial charge in [-0.25, -0.2) is 0 Å². The standard InChI is InChI=1S/C16H17N3O3/c1-22-12-5-4-10-7-11(9-18-14(10)8-12)15(20)19-13-3-2-6-17-16(13)21/h4-5,7-9,13H,2-3,6H2,1H3,(H,17,21)(H,19,20). The lowest BCUT2D eigenvalue weighted by molar-refractivity contribution is -0.124. The number of amides is 2. The maximum absolute atomic E-state index is 12.3. The van der Waals surface area contributed by atoms with Crippen LogP contribution in [0.2, 0.25) is 0 Å². The van der Waals surface area contributed by atoms with Gasteiger partial charge in [-0.1, -0.05) is 0 Å². The molecule has 1 aromatic carbocycles. The number of rotatable bonds is 3. The number of carbonyl (C=O) groups excluding carboxylic acids is 2. The molecule has 1 aliphatic heterocycles. The highest BCUT2D eigenvalue weighted by molar-refractivity contribution is 5.99. The topological polar surface area (TPSA) is 80.3 Å². The molecule has 2 amide bonds. The van der Waals surface area contributed by atoms with E-state index in [-0.39, 0.29) is 11.8 Å². The molecule has 0 saturated carbocycles. The Kier molecular flexibility index (Phi) is 3.91. The predicted molar refractivity (Wildman–Crippen MR) is 81.8 cm³/mol. The fraction of sp³-hybridized carbons (Fsp3) is 0.312. The summed E-state index contributed by atoms with van der Waals surface area (Å²) in [6.45, 7) is 0.671. The highest BCUT2D eigenvalue weighted by atomic mass is 16.5. The summed E-state index contributed by atoms with van der Waals surface area (Å²) in [4.78, 5) is 28.2. The Morgan fingerprint density at radius 3 is 3.05 bits per heavy atom. The molecule has 114 valence electrons. The number of pyridine rings is 1. The fourth-order valence-corrected chi connectivity index (χ4v) is 2.50. The van der Waals surface area contributed by atoms with Crippen LogP contribution in [-0.4, -0.2) is 36.5 Å². The van der Waals surface area contributed by atoms with Crippen LogP contribution in [0.5, 0.6) is 5.75 Å². The van der Waals surface area contributed by atoms with Gasteiger partial charge in [-0.05, 0) is 31.0 Å². The minimum atomic E-state index is -0.465. The van der Waals surface area contributed by atoms with Gasteiger partial charge >= 0.3 is 0 Å². The van der Waals surface area contributed by atoms with Crippen molar-refractivity contribution < 1.29 is 14.3 Å². The Morgan fingerprint density at radius 1 is 1.41 bits per heavy atom. The second kappa shape index (κ2) is 6.01. The molecule has 2 aromatic rings. The Morgan fingerprint density at radius 2 is 2.27 bits per heavy atom. The van der Waals surface area contributed by atoms with Gasteiger partial charge in [-0.15, -0.1) is 0 Å². The van der Waals surface area contributed by atoms with Gasteiger partial charge in [-0.2, -0.15) is 0 Å². The first-order valence-electron chi connectivity index (χ1n) is 7.20. The molecule has 0 bridgehead atoms. The molecule has 0 spiro atoms. The van der Waals surface area contributed by atoms with Gasteiger partial charge in [-0.3, -0.25) is 14.6 Å². The largest absolute Gasteiger partial charge is 0.497 e. The van der Waals surface area contributed by atoms with E-state index in [0.29, 0.717) is 18.5 Å². The van der Waals surface area contributed by atoms with Crippen LogP contribution in [0.25, 0.3) is 10.9 Å². The molecule has 1 unspecified atom stereocenters. The summed E-state index contributed by atoms with van der Waals surface area (Å²) in [6.07, 6.45) is 3.04. The summed E-state index contributed by atoms with van der Waals surface area (Å²) in [5, 5.41) is 6.35. The van der Waals surface area contributed by atoms with E-state index in [9.17, 15) is 9.59 Å². The normalized spacial score (nSPS) is 17.9. The number of piperidine rings is 1. The fourth-order valence-electron chi connectivity index (χ4n) is 2.50. The lowest BCUT2D eigenvalue weighted by Gasteiger charge is -2.22. The zero-order chi connectivity index (χ0) is 15.5. The van der Waals surface area contributed by atoms with Crippen LogP contribution in [0, 0.1) is 0 Å². The third-order valence-corrected chi connectivity index (χ3v) is 3.74. The average Bonchev–Trinajstić information content (AvgIpc) is 2.56. The van der Waals surface area contributed by atoms with Crippen LogP contribution in [-0.2, 0) is 4.79 Å². The van der Waals surface area contributed by atoms with E-state index in [1.54, 1.807) is 13.2 Å². The highest BCUT2D eigenvalue weighted by Crippen LogP contribution is 2.20. The van der Waals surface area contributed by atoms with E-state index in [4.69, 9.17) is 4.74 Å². The van der Waals surface area contributed by atoms with Gasteiger partial charge in [0.1, 0.15) is 11.8 Å². The molecule has 1 aliphatic rings. The molecular formula is C16H17N3O3. The van der Waals surface area contributed by atoms with Crippen molar-refractivity contribution >= 4 is 22.7 Å². The first-order chi connectivity index (χ1) is 10.7. The van der Waals surface area contributed by atoms with Crippen molar-refractivity contribution in [2.45, 2.75) is 18.9 Å². The third-order valence-electron chi connectivity index (χ3n) is 3.74. The van der Waals surface area contributed by atoms with E-state index in [0.717, 1.165) is 23.1 Å². The smallest absolute Gasteiger partial charge is 0.253 e. The second-order valence-corrected chi connectivity index (χ2v) is 5.24. The van der Waals surface area contributed by atoms with E-state index in [1.807, 2.05) is 18.2 Å². The molecule has 1 aromatic heterocycles. The maximum Gasteiger partial charge on any atom is 0.253 e. The van der Waals surface area contributed by atoms with Crippen LogP contribution in [0.15, 0.2) is 30.5 Å². The summed E-state index contributed by atoms with van der Waals surface area (Å²) >= 11 is 0. The van der Waals surface area contributed by atoms with Gasteiger partial charge in [0.15, 0.2) is 0 Å². The molecule has 6 nitrogen and oxygen atoms in total. The lowest BCUT2D eigenvalue weighted by Crippen LogP contribution is -2.50. The molecule has 1 fully saturated rings. The van der Waals surface area contributed by atoms with Gasteiger partial charge in [0.05, 0.1) is 18.2 Å². The van der Waals surface area contributed by atoms with Crippen LogP contribution in [0.3, 0.4) is 0 Å². The molecular weight excluding hydrogens is 282 g/mol. The summed E-state index contributed by atoms with van der Waals surface area (Å²) in [5.41, 5.74) is 1.20. The molecule has 1 atom stereocenters. The summed E-state index contributed by atoms with van der Waals surface area (Å²) in [6, 6.07) is 6.78. The lowest BCUT2D eigenvalue weighted by atomic mass is 10.1. The van der Waals surface area contributed by atoms with Gasteiger partial charge < -0.3 is 15.4 Å². The van der Waals surface area contributed by atoms with Crippen molar-refractivity contribution in [1.29, 1.82) is 0 Å². The van der Waals surface area contributed by atoms with E-state index < -0.39 is 6.04 Å². The number of nitrogens with zero attached hydrogens (tertiary/aromatic N) is 1. The molecule has 2 N–H and O–H groups in total. The Hall–Kier alpha value is -2.63. The number of fused-ring (bicyclic) bond motifs is 1. The molecule has 6 heteroatoms. The van der Waals surface area contributed by atoms with E-state index in [2.05, 4.69) is 15.6 Å². The second-order valence-electron chi connectivity index (χ2n) is 5.24. The quantitative estimate of drug-likeness (QED) is 0.894. The zero-order valence-electron chi connectivity index (χ0n) is 12.3. The maximum atomic E-state index is 12.3. The summed E-state index contributed by atoms with van der Waals surface area (Å²) < 4.78 is 5.15. The number of carbonyl (C=O) groups is 2. The van der Waals surface area contributed by atoms with Crippen molar-refractivity contribution in [3.8, 4) is 5.75 Å². The summed E-state index contributed by atoms with van der Waals surface area (Å²) in [5.74, 6) is 0.307. The highest BCUT2D eigenvalue weighted by Gasteiger charge is 2.24. The van der Waals surface area contributed by atoms with Crippen molar-refractivity contribution in [2.75, 3.05) is 13.7 Å².